The van der Waals surface area contributed by atoms with Crippen LogP contribution in [0.2, 0.25) is 0 Å². The van der Waals surface area contributed by atoms with Gasteiger partial charge in [-0.15, -0.1) is 0 Å². The molecule has 0 aromatic carbocycles. The van der Waals surface area contributed by atoms with Crippen LogP contribution in [-0.2, 0) is 17.8 Å². The molecule has 0 radical (unpaired) electrons. The highest BCUT2D eigenvalue weighted by Gasteiger charge is 2.45. The summed E-state index contributed by atoms with van der Waals surface area (Å²) in [5.41, 5.74) is 8.26. The van der Waals surface area contributed by atoms with Gasteiger partial charge >= 0.3 is 0 Å². The summed E-state index contributed by atoms with van der Waals surface area (Å²) in [6.07, 6.45) is 3.37. The average Bonchev–Trinajstić information content (AvgIpc) is 3.36. The van der Waals surface area contributed by atoms with Crippen molar-refractivity contribution < 1.29 is 18.1 Å². The molecule has 1 amide bonds. The van der Waals surface area contributed by atoms with Gasteiger partial charge in [0.25, 0.3) is 5.92 Å². The highest BCUT2D eigenvalue weighted by molar-refractivity contribution is 5.78. The number of alkyl halides is 2. The van der Waals surface area contributed by atoms with Gasteiger partial charge in [-0.1, -0.05) is 5.16 Å². The fourth-order valence-electron chi connectivity index (χ4n) is 4.50. The van der Waals surface area contributed by atoms with Crippen LogP contribution in [0.15, 0.2) is 23.2 Å². The molecule has 0 spiro atoms. The minimum atomic E-state index is -2.86. The lowest BCUT2D eigenvalue weighted by Gasteiger charge is -2.37. The van der Waals surface area contributed by atoms with Gasteiger partial charge in [0.05, 0.1) is 18.3 Å². The summed E-state index contributed by atoms with van der Waals surface area (Å²) in [6, 6.07) is 0.993. The van der Waals surface area contributed by atoms with Crippen molar-refractivity contribution in [2.45, 2.75) is 43.8 Å². The third-order valence-electron chi connectivity index (χ3n) is 6.15. The molecule has 5 rings (SSSR count). The van der Waals surface area contributed by atoms with E-state index in [4.69, 9.17) is 10.3 Å². The van der Waals surface area contributed by atoms with Gasteiger partial charge in [0, 0.05) is 63.1 Å². The molecule has 0 unspecified atom stereocenters. The van der Waals surface area contributed by atoms with Gasteiger partial charge in [-0.05, 0) is 0 Å². The van der Waals surface area contributed by atoms with Crippen molar-refractivity contribution in [3.63, 3.8) is 0 Å². The molecule has 0 aliphatic carbocycles. The van der Waals surface area contributed by atoms with Crippen LogP contribution in [-0.4, -0.2) is 70.1 Å². The fraction of sp³-hybridized carbons (Fsp3) is 0.579. The number of anilines is 2. The highest BCUT2D eigenvalue weighted by atomic mass is 19.3. The summed E-state index contributed by atoms with van der Waals surface area (Å²) in [5, 5.41) is 4.00. The number of piperidine rings is 1. The van der Waals surface area contributed by atoms with Gasteiger partial charge in [-0.3, -0.25) is 4.79 Å². The van der Waals surface area contributed by atoms with Crippen LogP contribution in [0.1, 0.15) is 24.1 Å². The van der Waals surface area contributed by atoms with Gasteiger partial charge < -0.3 is 25.0 Å². The zero-order valence-corrected chi connectivity index (χ0v) is 16.4. The maximum Gasteiger partial charge on any atom is 0.265 e. The number of fused-ring (bicyclic) bond motifs is 1. The standard InChI is InChI=1S/C19H23F2N7O2/c20-19(21)3-1-18(29)28(10-19)15-8-27(7-13(15)22)17-5-16(23-11-24-17)26-4-2-14-12(6-26)9-30-25-14/h5,9,11,13,15H,1-4,6-8,10,22H2/t13-,15+/m1/s1. The van der Waals surface area contributed by atoms with Crippen molar-refractivity contribution in [1.82, 2.24) is 20.0 Å². The van der Waals surface area contributed by atoms with Gasteiger partial charge in [0.1, 0.15) is 24.2 Å². The zero-order chi connectivity index (χ0) is 20.9. The molecule has 0 bridgehead atoms. The van der Waals surface area contributed by atoms with E-state index in [2.05, 4.69) is 20.0 Å². The molecule has 2 saturated heterocycles. The van der Waals surface area contributed by atoms with E-state index in [0.29, 0.717) is 25.5 Å². The first-order chi connectivity index (χ1) is 14.4. The van der Waals surface area contributed by atoms with E-state index in [9.17, 15) is 13.6 Å². The van der Waals surface area contributed by atoms with Crippen LogP contribution < -0.4 is 15.5 Å². The summed E-state index contributed by atoms with van der Waals surface area (Å²) in [7, 11) is 0. The number of rotatable bonds is 3. The lowest BCUT2D eigenvalue weighted by Crippen LogP contribution is -2.56. The third kappa shape index (κ3) is 3.47. The van der Waals surface area contributed by atoms with Gasteiger partial charge in [-0.2, -0.15) is 0 Å². The van der Waals surface area contributed by atoms with Gasteiger partial charge in [0.15, 0.2) is 0 Å². The second-order valence-corrected chi connectivity index (χ2v) is 8.21. The van der Waals surface area contributed by atoms with Crippen LogP contribution in [0.4, 0.5) is 20.4 Å². The van der Waals surface area contributed by atoms with Crippen molar-refractivity contribution in [3.8, 4) is 0 Å². The lowest BCUT2D eigenvalue weighted by molar-refractivity contribution is -0.150. The van der Waals surface area contributed by atoms with E-state index in [1.165, 1.54) is 11.2 Å². The Morgan fingerprint density at radius 2 is 1.97 bits per heavy atom. The Bertz CT molecular complexity index is 952. The first-order valence-electron chi connectivity index (χ1n) is 10.1. The van der Waals surface area contributed by atoms with E-state index in [1.807, 2.05) is 11.0 Å². The normalized spacial score (nSPS) is 26.2. The Morgan fingerprint density at radius 1 is 1.17 bits per heavy atom. The molecule has 5 heterocycles. The molecule has 30 heavy (non-hydrogen) atoms. The SMILES string of the molecule is N[C@@H]1CN(c2cc(N3CCc4nocc4C3)ncn2)C[C@@H]1N1CC(F)(F)CCC1=O. The zero-order valence-electron chi connectivity index (χ0n) is 16.4. The van der Waals surface area contributed by atoms with E-state index in [1.54, 1.807) is 6.26 Å². The molecule has 3 aliphatic rings. The number of carbonyl (C=O) groups is 1. The fourth-order valence-corrected chi connectivity index (χ4v) is 4.50. The smallest absolute Gasteiger partial charge is 0.265 e. The van der Waals surface area contributed by atoms with Crippen LogP contribution in [0, 0.1) is 0 Å². The van der Waals surface area contributed by atoms with Crippen molar-refractivity contribution in [2.24, 2.45) is 5.73 Å². The van der Waals surface area contributed by atoms with E-state index in [-0.39, 0.29) is 12.3 Å². The molecular formula is C19H23F2N7O2. The van der Waals surface area contributed by atoms with E-state index in [0.717, 1.165) is 30.0 Å². The highest BCUT2D eigenvalue weighted by Crippen LogP contribution is 2.32. The van der Waals surface area contributed by atoms with Gasteiger partial charge in [-0.25, -0.2) is 18.7 Å². The summed E-state index contributed by atoms with van der Waals surface area (Å²) < 4.78 is 32.8. The quantitative estimate of drug-likeness (QED) is 0.779. The molecule has 3 aliphatic heterocycles. The molecular weight excluding hydrogens is 396 g/mol. The molecule has 2 aromatic heterocycles. The number of aromatic nitrogens is 3. The first kappa shape index (κ1) is 19.2. The molecule has 9 nitrogen and oxygen atoms in total. The van der Waals surface area contributed by atoms with E-state index >= 15 is 0 Å². The topological polar surface area (TPSA) is 105 Å². The van der Waals surface area contributed by atoms with Crippen LogP contribution in [0.5, 0.6) is 0 Å². The van der Waals surface area contributed by atoms with E-state index < -0.39 is 31.0 Å². The first-order valence-corrected chi connectivity index (χ1v) is 10.1. The number of hydrogen-bond acceptors (Lipinski definition) is 8. The number of likely N-dealkylation sites (tertiary alicyclic amines) is 1. The van der Waals surface area contributed by atoms with Crippen molar-refractivity contribution in [2.75, 3.05) is 36.0 Å². The minimum absolute atomic E-state index is 0.145. The Kier molecular flexibility index (Phi) is 4.57. The lowest BCUT2D eigenvalue weighted by atomic mass is 10.0. The Hall–Kier alpha value is -2.82. The van der Waals surface area contributed by atoms with Crippen LogP contribution >= 0.6 is 0 Å². The average molecular weight is 419 g/mol. The van der Waals surface area contributed by atoms with Crippen LogP contribution in [0.3, 0.4) is 0 Å². The summed E-state index contributed by atoms with van der Waals surface area (Å²) in [4.78, 5) is 26.3. The third-order valence-corrected chi connectivity index (χ3v) is 6.15. The van der Waals surface area contributed by atoms with Crippen molar-refractivity contribution >= 4 is 17.5 Å². The Balaban J connectivity index is 1.32. The maximum atomic E-state index is 13.9. The second kappa shape index (κ2) is 7.15. The minimum Gasteiger partial charge on any atom is -0.364 e. The Labute approximate surface area is 171 Å². The second-order valence-electron chi connectivity index (χ2n) is 8.21. The molecule has 2 N–H and O–H groups in total. The number of nitrogens with two attached hydrogens (primary N) is 1. The largest absolute Gasteiger partial charge is 0.364 e. The number of hydrogen-bond donors (Lipinski definition) is 1. The Morgan fingerprint density at radius 3 is 2.80 bits per heavy atom. The molecule has 2 aromatic rings. The summed E-state index contributed by atoms with van der Waals surface area (Å²) in [5.74, 6) is -1.68. The number of nitrogens with zero attached hydrogens (tertiary/aromatic N) is 6. The monoisotopic (exact) mass is 419 g/mol. The number of carbonyl (C=O) groups excluding carboxylic acids is 1. The number of halogens is 2. The predicted octanol–water partition coefficient (Wildman–Crippen LogP) is 0.801. The number of amides is 1. The molecule has 11 heteroatoms. The molecule has 2 atom stereocenters. The maximum absolute atomic E-state index is 13.9. The van der Waals surface area contributed by atoms with Gasteiger partial charge in [0.2, 0.25) is 5.91 Å². The summed E-state index contributed by atoms with van der Waals surface area (Å²) >= 11 is 0. The molecule has 160 valence electrons. The molecule has 0 saturated carbocycles. The van der Waals surface area contributed by atoms with Crippen LogP contribution in [0.25, 0.3) is 0 Å². The van der Waals surface area contributed by atoms with Crippen molar-refractivity contribution in [3.05, 3.63) is 29.9 Å². The van der Waals surface area contributed by atoms with Crippen molar-refractivity contribution in [1.29, 1.82) is 0 Å². The predicted molar refractivity (Wildman–Crippen MR) is 103 cm³/mol. The summed E-state index contributed by atoms with van der Waals surface area (Å²) in [6.45, 7) is 1.65. The molecule has 2 fully saturated rings.